The average Bonchev–Trinajstić information content (AvgIpc) is 2.75. The molecule has 100 valence electrons. The molecule has 0 atom stereocenters. The zero-order valence-corrected chi connectivity index (χ0v) is 13.1. The number of benzene rings is 1. The van der Waals surface area contributed by atoms with Gasteiger partial charge in [0.2, 0.25) is 0 Å². The van der Waals surface area contributed by atoms with Crippen LogP contribution in [0.2, 0.25) is 0 Å². The minimum Gasteiger partial charge on any atom is -0.384 e. The molecule has 5 heteroatoms. The molecule has 2 rings (SSSR count). The normalized spacial score (nSPS) is 10.9. The van der Waals surface area contributed by atoms with E-state index in [4.69, 9.17) is 11.1 Å². The second-order valence-electron chi connectivity index (χ2n) is 4.47. The number of hydrogen-bond acceptors (Lipinski definition) is 3. The highest BCUT2D eigenvalue weighted by atomic mass is 79.9. The van der Waals surface area contributed by atoms with Crippen molar-refractivity contribution in [2.45, 2.75) is 13.1 Å². The summed E-state index contributed by atoms with van der Waals surface area (Å²) in [5, 5.41) is 9.69. The fourth-order valence-corrected chi connectivity index (χ4v) is 3.50. The van der Waals surface area contributed by atoms with Gasteiger partial charge in [0.25, 0.3) is 0 Å². The molecular formula is C14H16BrN3S. The van der Waals surface area contributed by atoms with Gasteiger partial charge < -0.3 is 5.73 Å². The van der Waals surface area contributed by atoms with E-state index in [9.17, 15) is 0 Å². The van der Waals surface area contributed by atoms with E-state index in [1.165, 1.54) is 4.88 Å². The number of nitrogens with zero attached hydrogens (tertiary/aromatic N) is 1. The number of nitrogen functional groups attached to an aromatic ring is 1. The van der Waals surface area contributed by atoms with E-state index in [1.54, 1.807) is 11.3 Å². The molecule has 0 aliphatic rings. The van der Waals surface area contributed by atoms with Crippen molar-refractivity contribution in [1.82, 2.24) is 4.90 Å². The highest BCUT2D eigenvalue weighted by molar-refractivity contribution is 9.10. The monoisotopic (exact) mass is 337 g/mol. The van der Waals surface area contributed by atoms with Gasteiger partial charge in [0.15, 0.2) is 0 Å². The summed E-state index contributed by atoms with van der Waals surface area (Å²) in [6.45, 7) is 1.67. The second kappa shape index (κ2) is 6.32. The third-order valence-corrected chi connectivity index (χ3v) is 4.48. The summed E-state index contributed by atoms with van der Waals surface area (Å²) in [6.07, 6.45) is 0. The molecule has 19 heavy (non-hydrogen) atoms. The summed E-state index contributed by atoms with van der Waals surface area (Å²) in [5.41, 5.74) is 7.52. The van der Waals surface area contributed by atoms with Crippen molar-refractivity contribution in [3.63, 3.8) is 0 Å². The van der Waals surface area contributed by atoms with Crippen LogP contribution in [0.15, 0.2) is 40.2 Å². The Hall–Kier alpha value is -1.17. The van der Waals surface area contributed by atoms with Crippen LogP contribution >= 0.6 is 27.3 Å². The maximum Gasteiger partial charge on any atom is 0.123 e. The molecule has 0 radical (unpaired) electrons. The quantitative estimate of drug-likeness (QED) is 0.648. The minimum absolute atomic E-state index is 0.128. The molecule has 1 heterocycles. The van der Waals surface area contributed by atoms with Crippen LogP contribution in [0.5, 0.6) is 0 Å². The average molecular weight is 338 g/mol. The molecule has 3 nitrogen and oxygen atoms in total. The van der Waals surface area contributed by atoms with Crippen LogP contribution in [-0.4, -0.2) is 17.8 Å². The molecule has 1 aromatic carbocycles. The second-order valence-corrected chi connectivity index (χ2v) is 6.39. The van der Waals surface area contributed by atoms with Crippen LogP contribution in [0.4, 0.5) is 0 Å². The molecule has 0 bridgehead atoms. The molecule has 0 saturated carbocycles. The summed E-state index contributed by atoms with van der Waals surface area (Å²) in [7, 11) is 2.07. The molecule has 0 unspecified atom stereocenters. The number of rotatable bonds is 5. The van der Waals surface area contributed by atoms with E-state index in [0.717, 1.165) is 28.7 Å². The van der Waals surface area contributed by atoms with Gasteiger partial charge in [0, 0.05) is 33.4 Å². The molecule has 3 N–H and O–H groups in total. The lowest BCUT2D eigenvalue weighted by Gasteiger charge is -2.17. The van der Waals surface area contributed by atoms with Crippen LogP contribution in [0.3, 0.4) is 0 Å². The Kier molecular flexibility index (Phi) is 4.74. The van der Waals surface area contributed by atoms with Crippen molar-refractivity contribution in [2.75, 3.05) is 7.05 Å². The van der Waals surface area contributed by atoms with Crippen molar-refractivity contribution >= 4 is 33.1 Å². The van der Waals surface area contributed by atoms with Crippen molar-refractivity contribution in [2.24, 2.45) is 5.73 Å². The van der Waals surface area contributed by atoms with Crippen molar-refractivity contribution in [3.05, 3.63) is 56.2 Å². The smallest absolute Gasteiger partial charge is 0.123 e. The number of nitrogens with two attached hydrogens (primary N) is 1. The SMILES string of the molecule is CN(Cc1cc(Br)cs1)Cc1ccccc1C(=N)N. The molecule has 1 aromatic heterocycles. The summed E-state index contributed by atoms with van der Waals surface area (Å²) < 4.78 is 1.13. The molecular weight excluding hydrogens is 322 g/mol. The van der Waals surface area contributed by atoms with Crippen molar-refractivity contribution < 1.29 is 0 Å². The lowest BCUT2D eigenvalue weighted by molar-refractivity contribution is 0.322. The summed E-state index contributed by atoms with van der Waals surface area (Å²) in [6, 6.07) is 9.96. The molecule has 0 aliphatic heterocycles. The van der Waals surface area contributed by atoms with Gasteiger partial charge in [0.1, 0.15) is 5.84 Å². The minimum atomic E-state index is 0.128. The zero-order valence-electron chi connectivity index (χ0n) is 10.7. The molecule has 2 aromatic rings. The van der Waals surface area contributed by atoms with Crippen molar-refractivity contribution in [3.8, 4) is 0 Å². The van der Waals surface area contributed by atoms with Crippen LogP contribution in [0, 0.1) is 5.41 Å². The standard InChI is InChI=1S/C14H16BrN3S/c1-18(8-12-6-11(15)9-19-12)7-10-4-2-3-5-13(10)14(16)17/h2-6,9H,7-8H2,1H3,(H3,16,17). The number of hydrogen-bond donors (Lipinski definition) is 2. The topological polar surface area (TPSA) is 53.1 Å². The molecule has 0 aliphatic carbocycles. The summed E-state index contributed by atoms with van der Waals surface area (Å²) in [5.74, 6) is 0.128. The van der Waals surface area contributed by atoms with E-state index in [2.05, 4.69) is 39.3 Å². The molecule has 0 spiro atoms. The van der Waals surface area contributed by atoms with Gasteiger partial charge in [-0.25, -0.2) is 0 Å². The predicted molar refractivity (Wildman–Crippen MR) is 84.6 cm³/mol. The Balaban J connectivity index is 2.06. The van der Waals surface area contributed by atoms with E-state index in [0.29, 0.717) is 0 Å². The van der Waals surface area contributed by atoms with Gasteiger partial charge in [-0.3, -0.25) is 10.3 Å². The molecule has 0 amide bonds. The van der Waals surface area contributed by atoms with Gasteiger partial charge >= 0.3 is 0 Å². The maximum atomic E-state index is 7.60. The van der Waals surface area contributed by atoms with Crippen LogP contribution < -0.4 is 5.73 Å². The van der Waals surface area contributed by atoms with Gasteiger partial charge in [0.05, 0.1) is 0 Å². The number of nitrogens with one attached hydrogen (secondary N) is 1. The predicted octanol–water partition coefficient (Wildman–Crippen LogP) is 3.43. The molecule has 0 fully saturated rings. The fraction of sp³-hybridized carbons (Fsp3) is 0.214. The highest BCUT2D eigenvalue weighted by Gasteiger charge is 2.08. The van der Waals surface area contributed by atoms with E-state index >= 15 is 0 Å². The Morgan fingerprint density at radius 1 is 1.37 bits per heavy atom. The largest absolute Gasteiger partial charge is 0.384 e. The Morgan fingerprint density at radius 3 is 2.74 bits per heavy atom. The number of halogens is 1. The lowest BCUT2D eigenvalue weighted by atomic mass is 10.1. The first kappa shape index (κ1) is 14.2. The zero-order chi connectivity index (χ0) is 13.8. The third kappa shape index (κ3) is 3.89. The fourth-order valence-electron chi connectivity index (χ4n) is 1.97. The van der Waals surface area contributed by atoms with Gasteiger partial charge in [-0.1, -0.05) is 24.3 Å². The van der Waals surface area contributed by atoms with Crippen LogP contribution in [-0.2, 0) is 13.1 Å². The third-order valence-electron chi connectivity index (χ3n) is 2.80. The van der Waals surface area contributed by atoms with Crippen LogP contribution in [0.1, 0.15) is 16.0 Å². The first-order valence-electron chi connectivity index (χ1n) is 5.90. The summed E-state index contributed by atoms with van der Waals surface area (Å²) in [4.78, 5) is 3.54. The first-order chi connectivity index (χ1) is 9.06. The van der Waals surface area contributed by atoms with E-state index < -0.39 is 0 Å². The lowest BCUT2D eigenvalue weighted by Crippen LogP contribution is -2.20. The highest BCUT2D eigenvalue weighted by Crippen LogP contribution is 2.21. The Bertz CT molecular complexity index is 580. The Labute approximate surface area is 125 Å². The van der Waals surface area contributed by atoms with Crippen LogP contribution in [0.25, 0.3) is 0 Å². The number of thiophene rings is 1. The Morgan fingerprint density at radius 2 is 2.11 bits per heavy atom. The van der Waals surface area contributed by atoms with Gasteiger partial charge in [-0.15, -0.1) is 11.3 Å². The van der Waals surface area contributed by atoms with E-state index in [-0.39, 0.29) is 5.84 Å². The van der Waals surface area contributed by atoms with Gasteiger partial charge in [-0.2, -0.15) is 0 Å². The number of amidine groups is 1. The maximum absolute atomic E-state index is 7.60. The van der Waals surface area contributed by atoms with E-state index in [1.807, 2.05) is 24.3 Å². The first-order valence-corrected chi connectivity index (χ1v) is 7.57. The molecule has 0 saturated heterocycles. The van der Waals surface area contributed by atoms with Gasteiger partial charge in [-0.05, 0) is 34.6 Å². The van der Waals surface area contributed by atoms with Crippen molar-refractivity contribution in [1.29, 1.82) is 5.41 Å². The summed E-state index contributed by atoms with van der Waals surface area (Å²) >= 11 is 5.21.